The molecule has 0 radical (unpaired) electrons. The molecule has 2 amide bonds. The lowest BCUT2D eigenvalue weighted by atomic mass is 10.1. The van der Waals surface area contributed by atoms with Crippen molar-refractivity contribution in [3.63, 3.8) is 0 Å². The molecule has 3 rings (SSSR count). The number of carbonyl (C=O) groups excluding carboxylic acids is 2. The van der Waals surface area contributed by atoms with Gasteiger partial charge in [0.25, 0.3) is 0 Å². The average molecular weight is 388 g/mol. The third-order valence-corrected chi connectivity index (χ3v) is 6.78. The summed E-state index contributed by atoms with van der Waals surface area (Å²) in [6, 6.07) is 0. The van der Waals surface area contributed by atoms with Crippen LogP contribution in [0.3, 0.4) is 0 Å². The molecule has 1 atom stereocenters. The predicted octanol–water partition coefficient (Wildman–Crippen LogP) is -0.315. The van der Waals surface area contributed by atoms with Crippen LogP contribution in [-0.4, -0.2) is 73.1 Å². The number of nitrogens with zero attached hydrogens (tertiary/aromatic N) is 4. The fourth-order valence-corrected chi connectivity index (χ4v) is 4.85. The Labute approximate surface area is 149 Å². The van der Waals surface area contributed by atoms with Gasteiger partial charge in [-0.25, -0.2) is 8.42 Å². The maximum Gasteiger partial charge on any atom is 0.229 e. The van der Waals surface area contributed by atoms with Crippen LogP contribution in [0.1, 0.15) is 18.4 Å². The fraction of sp³-hybridized carbons (Fsp3) is 0.714. The van der Waals surface area contributed by atoms with E-state index in [1.165, 1.54) is 16.2 Å². The summed E-state index contributed by atoms with van der Waals surface area (Å²) in [4.78, 5) is 27.9. The van der Waals surface area contributed by atoms with E-state index in [2.05, 4.69) is 10.2 Å². The van der Waals surface area contributed by atoms with Crippen molar-refractivity contribution in [1.29, 1.82) is 0 Å². The number of hydrogen-bond acceptors (Lipinski definition) is 8. The van der Waals surface area contributed by atoms with Gasteiger partial charge in [-0.3, -0.25) is 14.5 Å². The second kappa shape index (κ2) is 7.34. The van der Waals surface area contributed by atoms with E-state index in [0.717, 1.165) is 0 Å². The number of anilines is 1. The van der Waals surface area contributed by atoms with Crippen molar-refractivity contribution in [1.82, 2.24) is 15.1 Å². The lowest BCUT2D eigenvalue weighted by molar-refractivity contribution is -0.135. The fourth-order valence-electron chi connectivity index (χ4n) is 2.85. The third-order valence-electron chi connectivity index (χ3n) is 4.25. The molecule has 0 spiro atoms. The summed E-state index contributed by atoms with van der Waals surface area (Å²) in [5.74, 6) is -0.819. The Kier molecular flexibility index (Phi) is 5.35. The summed E-state index contributed by atoms with van der Waals surface area (Å²) < 4.78 is 28.2. The van der Waals surface area contributed by atoms with Crippen LogP contribution in [0, 0.1) is 5.92 Å². The summed E-state index contributed by atoms with van der Waals surface area (Å²) >= 11 is 1.28. The second-order valence-electron chi connectivity index (χ2n) is 6.00. The van der Waals surface area contributed by atoms with Gasteiger partial charge >= 0.3 is 0 Å². The molecule has 11 heteroatoms. The maximum absolute atomic E-state index is 12.6. The van der Waals surface area contributed by atoms with Crippen molar-refractivity contribution in [2.24, 2.45) is 5.92 Å². The van der Waals surface area contributed by atoms with Gasteiger partial charge < -0.3 is 9.64 Å². The summed E-state index contributed by atoms with van der Waals surface area (Å²) in [7, 11) is -3.04. The molecule has 138 valence electrons. The first-order valence-electron chi connectivity index (χ1n) is 8.09. The van der Waals surface area contributed by atoms with Crippen molar-refractivity contribution in [2.45, 2.75) is 20.0 Å². The van der Waals surface area contributed by atoms with E-state index in [9.17, 15) is 18.0 Å². The normalized spacial score (nSPS) is 23.2. The molecule has 2 aliphatic rings. The number of ether oxygens (including phenoxy) is 1. The van der Waals surface area contributed by atoms with Crippen molar-refractivity contribution < 1.29 is 22.7 Å². The second-order valence-corrected chi connectivity index (χ2v) is 9.34. The first-order valence-corrected chi connectivity index (χ1v) is 10.7. The lowest BCUT2D eigenvalue weighted by Crippen LogP contribution is -2.46. The first-order chi connectivity index (χ1) is 11.9. The lowest BCUT2D eigenvalue weighted by Gasteiger charge is -2.28. The van der Waals surface area contributed by atoms with Crippen molar-refractivity contribution in [3.05, 3.63) is 5.01 Å². The molecular formula is C14H20N4O5S2. The van der Waals surface area contributed by atoms with Crippen LogP contribution in [0.5, 0.6) is 0 Å². The van der Waals surface area contributed by atoms with Gasteiger partial charge in [-0.05, 0) is 6.92 Å². The van der Waals surface area contributed by atoms with Crippen LogP contribution in [0.15, 0.2) is 0 Å². The van der Waals surface area contributed by atoms with Crippen LogP contribution >= 0.6 is 11.3 Å². The Morgan fingerprint density at radius 2 is 2.04 bits per heavy atom. The monoisotopic (exact) mass is 388 g/mol. The molecule has 9 nitrogen and oxygen atoms in total. The van der Waals surface area contributed by atoms with Crippen molar-refractivity contribution in [2.75, 3.05) is 42.6 Å². The number of hydrogen-bond donors (Lipinski definition) is 0. The highest BCUT2D eigenvalue weighted by Gasteiger charge is 2.39. The van der Waals surface area contributed by atoms with E-state index >= 15 is 0 Å². The molecule has 0 aliphatic carbocycles. The van der Waals surface area contributed by atoms with Crippen LogP contribution in [0.4, 0.5) is 5.13 Å². The van der Waals surface area contributed by atoms with Gasteiger partial charge in [-0.15, -0.1) is 10.2 Å². The van der Waals surface area contributed by atoms with Crippen LogP contribution < -0.4 is 4.90 Å². The minimum atomic E-state index is -3.04. The van der Waals surface area contributed by atoms with E-state index < -0.39 is 15.8 Å². The number of aromatic nitrogens is 2. The Morgan fingerprint density at radius 1 is 1.32 bits per heavy atom. The molecule has 2 fully saturated rings. The third kappa shape index (κ3) is 4.15. The molecule has 3 heterocycles. The zero-order chi connectivity index (χ0) is 18.0. The molecule has 0 bridgehead atoms. The van der Waals surface area contributed by atoms with Gasteiger partial charge in [0.05, 0.1) is 17.4 Å². The highest BCUT2D eigenvalue weighted by molar-refractivity contribution is 7.91. The largest absolute Gasteiger partial charge is 0.374 e. The maximum atomic E-state index is 12.6. The summed E-state index contributed by atoms with van der Waals surface area (Å²) in [5.41, 5.74) is 0. The zero-order valence-electron chi connectivity index (χ0n) is 13.9. The number of rotatable bonds is 5. The smallest absolute Gasteiger partial charge is 0.229 e. The van der Waals surface area contributed by atoms with Crippen LogP contribution in [0.25, 0.3) is 0 Å². The highest BCUT2D eigenvalue weighted by atomic mass is 32.2. The summed E-state index contributed by atoms with van der Waals surface area (Å²) in [5, 5.41) is 9.16. The van der Waals surface area contributed by atoms with Crippen LogP contribution in [0.2, 0.25) is 0 Å². The van der Waals surface area contributed by atoms with Crippen molar-refractivity contribution >= 4 is 38.1 Å². The average Bonchev–Trinajstić information content (AvgIpc) is 3.18. The van der Waals surface area contributed by atoms with Crippen LogP contribution in [-0.2, 0) is 30.8 Å². The van der Waals surface area contributed by atoms with Gasteiger partial charge in [0, 0.05) is 32.7 Å². The number of amides is 2. The van der Waals surface area contributed by atoms with Gasteiger partial charge in [-0.1, -0.05) is 11.3 Å². The Balaban J connectivity index is 1.62. The molecule has 0 N–H and O–H groups in total. The molecule has 1 aromatic rings. The molecule has 0 aromatic carbocycles. The van der Waals surface area contributed by atoms with E-state index in [1.54, 1.807) is 4.90 Å². The van der Waals surface area contributed by atoms with Crippen molar-refractivity contribution in [3.8, 4) is 0 Å². The van der Waals surface area contributed by atoms with Gasteiger partial charge in [-0.2, -0.15) is 0 Å². The summed E-state index contributed by atoms with van der Waals surface area (Å²) in [6.07, 6.45) is 0.114. The number of carbonyl (C=O) groups is 2. The van der Waals surface area contributed by atoms with E-state index in [4.69, 9.17) is 4.74 Å². The molecule has 2 aliphatic heterocycles. The SMILES string of the molecule is CCOCc1nnc(N2CC(C(=O)N3CCS(=O)(=O)CC3)CC2=O)s1. The molecule has 0 saturated carbocycles. The Hall–Kier alpha value is -1.59. The number of sulfone groups is 1. The molecular weight excluding hydrogens is 368 g/mol. The minimum Gasteiger partial charge on any atom is -0.374 e. The van der Waals surface area contributed by atoms with Gasteiger partial charge in [0.15, 0.2) is 9.84 Å². The van der Waals surface area contributed by atoms with E-state index in [1.807, 2.05) is 6.92 Å². The quantitative estimate of drug-likeness (QED) is 0.680. The molecule has 25 heavy (non-hydrogen) atoms. The standard InChI is InChI=1S/C14H20N4O5S2/c1-2-23-9-11-15-16-14(24-11)18-8-10(7-12(18)19)13(20)17-3-5-25(21,22)6-4-17/h10H,2-9H2,1H3. The minimum absolute atomic E-state index is 0.0136. The highest BCUT2D eigenvalue weighted by Crippen LogP contribution is 2.29. The summed E-state index contributed by atoms with van der Waals surface area (Å²) in [6.45, 7) is 3.45. The van der Waals surface area contributed by atoms with E-state index in [-0.39, 0.29) is 49.4 Å². The Morgan fingerprint density at radius 3 is 2.72 bits per heavy atom. The first kappa shape index (κ1) is 18.2. The van der Waals surface area contributed by atoms with Gasteiger partial charge in [0.1, 0.15) is 11.6 Å². The zero-order valence-corrected chi connectivity index (χ0v) is 15.5. The predicted molar refractivity (Wildman–Crippen MR) is 90.9 cm³/mol. The topological polar surface area (TPSA) is 110 Å². The van der Waals surface area contributed by atoms with Gasteiger partial charge in [0.2, 0.25) is 16.9 Å². The van der Waals surface area contributed by atoms with E-state index in [0.29, 0.717) is 23.4 Å². The molecule has 2 saturated heterocycles. The molecule has 1 aromatic heterocycles. The Bertz CT molecular complexity index is 749. The molecule has 1 unspecified atom stereocenters.